The van der Waals surface area contributed by atoms with Gasteiger partial charge in [-0.2, -0.15) is 0 Å². The van der Waals surface area contributed by atoms with Gasteiger partial charge in [0.25, 0.3) is 0 Å². The number of para-hydroxylation sites is 1. The number of aliphatic hydroxyl groups excluding tert-OH is 1. The largest absolute Gasteiger partial charge is 0.427 e. The van der Waals surface area contributed by atoms with Crippen LogP contribution in [0.15, 0.2) is 48.5 Å². The number of benzene rings is 2. The first-order valence-electron chi connectivity index (χ1n) is 9.62. The van der Waals surface area contributed by atoms with Crippen LogP contribution in [0.5, 0.6) is 5.75 Å². The summed E-state index contributed by atoms with van der Waals surface area (Å²) in [6, 6.07) is 16.1. The fraction of sp³-hybridized carbons (Fsp3) is 0.409. The van der Waals surface area contributed by atoms with Gasteiger partial charge in [0, 0.05) is 51.3 Å². The predicted octanol–water partition coefficient (Wildman–Crippen LogP) is 2.64. The van der Waals surface area contributed by atoms with Gasteiger partial charge in [-0.3, -0.25) is 9.69 Å². The van der Waals surface area contributed by atoms with Crippen molar-refractivity contribution >= 4 is 11.7 Å². The molecule has 142 valence electrons. The van der Waals surface area contributed by atoms with Crippen LogP contribution in [0.4, 0.5) is 5.69 Å². The standard InChI is InChI=1S/C22H26N2O3/c1-16(25)27-20-7-8-21-17(14-20)13-18(22(21)26)15-23-9-11-24(12-10-23)19-5-3-2-4-6-19/h2-8,14,18,22,26H,9-13,15H2,1H3. The van der Waals surface area contributed by atoms with Crippen molar-refractivity contribution in [3.8, 4) is 5.75 Å². The molecule has 1 fully saturated rings. The van der Waals surface area contributed by atoms with E-state index in [4.69, 9.17) is 4.74 Å². The third kappa shape index (κ3) is 3.99. The van der Waals surface area contributed by atoms with Crippen LogP contribution in [-0.4, -0.2) is 48.7 Å². The van der Waals surface area contributed by atoms with Gasteiger partial charge in [-0.05, 0) is 41.8 Å². The fourth-order valence-electron chi connectivity index (χ4n) is 4.25. The SMILES string of the molecule is CC(=O)Oc1ccc2c(c1)CC(CN1CCN(c3ccccc3)CC1)C2O. The molecule has 4 rings (SSSR count). The molecular formula is C22H26N2O3. The average molecular weight is 366 g/mol. The Morgan fingerprint density at radius 1 is 1.11 bits per heavy atom. The minimum absolute atomic E-state index is 0.191. The normalized spacial score (nSPS) is 22.5. The van der Waals surface area contributed by atoms with Crippen LogP contribution in [0.1, 0.15) is 24.2 Å². The van der Waals surface area contributed by atoms with E-state index in [-0.39, 0.29) is 11.9 Å². The van der Waals surface area contributed by atoms with Crippen LogP contribution in [0.3, 0.4) is 0 Å². The molecule has 2 atom stereocenters. The summed E-state index contributed by atoms with van der Waals surface area (Å²) in [6.45, 7) is 6.33. The van der Waals surface area contributed by atoms with Crippen molar-refractivity contribution in [1.82, 2.24) is 4.90 Å². The van der Waals surface area contributed by atoms with E-state index < -0.39 is 6.10 Å². The van der Waals surface area contributed by atoms with Crippen molar-refractivity contribution in [2.45, 2.75) is 19.4 Å². The zero-order valence-electron chi connectivity index (χ0n) is 15.7. The highest BCUT2D eigenvalue weighted by Gasteiger charge is 2.33. The lowest BCUT2D eigenvalue weighted by Gasteiger charge is -2.37. The van der Waals surface area contributed by atoms with E-state index in [0.717, 1.165) is 50.3 Å². The summed E-state index contributed by atoms with van der Waals surface area (Å²) < 4.78 is 5.18. The Balaban J connectivity index is 1.35. The summed E-state index contributed by atoms with van der Waals surface area (Å²) in [5, 5.41) is 10.7. The maximum absolute atomic E-state index is 11.2. The molecule has 0 spiro atoms. The molecule has 0 radical (unpaired) electrons. The molecule has 2 aliphatic rings. The van der Waals surface area contributed by atoms with E-state index in [2.05, 4.69) is 34.1 Å². The van der Waals surface area contributed by atoms with Crippen LogP contribution >= 0.6 is 0 Å². The maximum Gasteiger partial charge on any atom is 0.308 e. The second-order valence-electron chi connectivity index (χ2n) is 7.49. The summed E-state index contributed by atoms with van der Waals surface area (Å²) in [5.74, 6) is 0.433. The molecule has 2 unspecified atom stereocenters. The van der Waals surface area contributed by atoms with Crippen LogP contribution in [0.2, 0.25) is 0 Å². The fourth-order valence-corrected chi connectivity index (χ4v) is 4.25. The van der Waals surface area contributed by atoms with Crippen molar-refractivity contribution in [3.05, 3.63) is 59.7 Å². The van der Waals surface area contributed by atoms with Gasteiger partial charge in [-0.1, -0.05) is 24.3 Å². The first kappa shape index (κ1) is 18.0. The molecule has 1 saturated heterocycles. The number of hydrogen-bond donors (Lipinski definition) is 1. The van der Waals surface area contributed by atoms with E-state index in [9.17, 15) is 9.90 Å². The highest BCUT2D eigenvalue weighted by atomic mass is 16.5. The lowest BCUT2D eigenvalue weighted by Crippen LogP contribution is -2.48. The minimum Gasteiger partial charge on any atom is -0.427 e. The zero-order valence-corrected chi connectivity index (χ0v) is 15.7. The quantitative estimate of drug-likeness (QED) is 0.666. The van der Waals surface area contributed by atoms with E-state index in [1.54, 1.807) is 6.07 Å². The van der Waals surface area contributed by atoms with Gasteiger partial charge in [-0.25, -0.2) is 0 Å². The maximum atomic E-state index is 11.2. The Kier molecular flexibility index (Phi) is 5.14. The summed E-state index contributed by atoms with van der Waals surface area (Å²) in [6.07, 6.45) is 0.378. The second-order valence-corrected chi connectivity index (χ2v) is 7.49. The number of fused-ring (bicyclic) bond motifs is 1. The number of carbonyl (C=O) groups excluding carboxylic acids is 1. The number of nitrogens with zero attached hydrogens (tertiary/aromatic N) is 2. The number of ether oxygens (including phenoxy) is 1. The molecule has 2 aromatic carbocycles. The number of carbonyl (C=O) groups is 1. The van der Waals surface area contributed by atoms with Crippen molar-refractivity contribution in [2.24, 2.45) is 5.92 Å². The molecular weight excluding hydrogens is 340 g/mol. The molecule has 0 amide bonds. The molecule has 1 aliphatic carbocycles. The zero-order chi connectivity index (χ0) is 18.8. The van der Waals surface area contributed by atoms with Gasteiger partial charge >= 0.3 is 5.97 Å². The summed E-state index contributed by atoms with van der Waals surface area (Å²) >= 11 is 0. The molecule has 1 N–H and O–H groups in total. The highest BCUT2D eigenvalue weighted by Crippen LogP contribution is 2.38. The van der Waals surface area contributed by atoms with Gasteiger partial charge in [0.1, 0.15) is 5.75 Å². The Hall–Kier alpha value is -2.37. The number of aliphatic hydroxyl groups is 1. The van der Waals surface area contributed by atoms with Gasteiger partial charge in [0.2, 0.25) is 0 Å². The lowest BCUT2D eigenvalue weighted by atomic mass is 10.0. The molecule has 1 aliphatic heterocycles. The number of anilines is 1. The van der Waals surface area contributed by atoms with Crippen molar-refractivity contribution in [2.75, 3.05) is 37.6 Å². The second kappa shape index (κ2) is 7.71. The Labute approximate surface area is 160 Å². The van der Waals surface area contributed by atoms with Crippen molar-refractivity contribution in [1.29, 1.82) is 0 Å². The van der Waals surface area contributed by atoms with E-state index in [1.165, 1.54) is 12.6 Å². The van der Waals surface area contributed by atoms with Crippen LogP contribution in [0, 0.1) is 5.92 Å². The topological polar surface area (TPSA) is 53.0 Å². The van der Waals surface area contributed by atoms with E-state index in [0.29, 0.717) is 5.75 Å². The molecule has 0 aromatic heterocycles. The van der Waals surface area contributed by atoms with Gasteiger partial charge in [0.15, 0.2) is 0 Å². The van der Waals surface area contributed by atoms with Crippen molar-refractivity contribution < 1.29 is 14.6 Å². The van der Waals surface area contributed by atoms with Gasteiger partial charge < -0.3 is 14.7 Å². The highest BCUT2D eigenvalue weighted by molar-refractivity contribution is 5.69. The molecule has 27 heavy (non-hydrogen) atoms. The summed E-state index contributed by atoms with van der Waals surface area (Å²) in [5.41, 5.74) is 3.34. The molecule has 2 aromatic rings. The van der Waals surface area contributed by atoms with Crippen LogP contribution in [-0.2, 0) is 11.2 Å². The van der Waals surface area contributed by atoms with Gasteiger partial charge in [0.05, 0.1) is 6.10 Å². The van der Waals surface area contributed by atoms with Gasteiger partial charge in [-0.15, -0.1) is 0 Å². The third-order valence-corrected chi connectivity index (χ3v) is 5.61. The Morgan fingerprint density at radius 3 is 2.56 bits per heavy atom. The molecule has 5 heteroatoms. The minimum atomic E-state index is -0.446. The summed E-state index contributed by atoms with van der Waals surface area (Å²) in [4.78, 5) is 16.0. The number of rotatable bonds is 4. The lowest BCUT2D eigenvalue weighted by molar-refractivity contribution is -0.131. The van der Waals surface area contributed by atoms with E-state index >= 15 is 0 Å². The molecule has 0 saturated carbocycles. The third-order valence-electron chi connectivity index (χ3n) is 5.61. The predicted molar refractivity (Wildman–Crippen MR) is 105 cm³/mol. The number of piperazine rings is 1. The Bertz CT molecular complexity index is 800. The number of hydrogen-bond acceptors (Lipinski definition) is 5. The number of esters is 1. The monoisotopic (exact) mass is 366 g/mol. The van der Waals surface area contributed by atoms with Crippen LogP contribution in [0.25, 0.3) is 0 Å². The van der Waals surface area contributed by atoms with Crippen LogP contribution < -0.4 is 9.64 Å². The first-order chi connectivity index (χ1) is 13.1. The molecule has 0 bridgehead atoms. The average Bonchev–Trinajstić information content (AvgIpc) is 2.97. The smallest absolute Gasteiger partial charge is 0.308 e. The molecule has 1 heterocycles. The summed E-state index contributed by atoms with van der Waals surface area (Å²) in [7, 11) is 0. The van der Waals surface area contributed by atoms with E-state index in [1.807, 2.05) is 18.2 Å². The van der Waals surface area contributed by atoms with Crippen molar-refractivity contribution in [3.63, 3.8) is 0 Å². The first-order valence-corrected chi connectivity index (χ1v) is 9.62. The Morgan fingerprint density at radius 2 is 1.85 bits per heavy atom. The molecule has 5 nitrogen and oxygen atoms in total.